The minimum absolute atomic E-state index is 0. The zero-order chi connectivity index (χ0) is 61.8. The van der Waals surface area contributed by atoms with Gasteiger partial charge < -0.3 is 35.0 Å². The van der Waals surface area contributed by atoms with Gasteiger partial charge in [0.25, 0.3) is 6.47 Å². The van der Waals surface area contributed by atoms with Crippen LogP contribution in [0.25, 0.3) is 92.1 Å². The van der Waals surface area contributed by atoms with Crippen LogP contribution >= 0.6 is 113 Å². The van der Waals surface area contributed by atoms with E-state index in [9.17, 15) is 4.79 Å². The number of allylic oxidation sites excluding steroid dienone is 1. The molecule has 0 spiro atoms. The number of H-pyrrole nitrogens is 1. The fourth-order valence-corrected chi connectivity index (χ4v) is 11.9. The van der Waals surface area contributed by atoms with E-state index in [4.69, 9.17) is 14.8 Å². The molecule has 1 N–H and O–H groups in total. The van der Waals surface area contributed by atoms with Crippen LogP contribution in [0.2, 0.25) is 0 Å². The predicted octanol–water partition coefficient (Wildman–Crippen LogP) is 7.67. The molecule has 11 aromatic heterocycles. The van der Waals surface area contributed by atoms with Gasteiger partial charge in [0.05, 0.1) is 41.5 Å². The van der Waals surface area contributed by atoms with E-state index in [1.54, 1.807) is 28.0 Å². The van der Waals surface area contributed by atoms with E-state index < -0.39 is 11.7 Å². The number of hydrogen-bond donors (Lipinski definition) is 1. The molecule has 88 heavy (non-hydrogen) atoms. The van der Waals surface area contributed by atoms with Crippen LogP contribution in [0, 0.1) is 10.7 Å². The smallest absolute Gasteiger partial charge is 1.00 e. The maximum Gasteiger partial charge on any atom is 1.00 e. The summed E-state index contributed by atoms with van der Waals surface area (Å²) in [7, 11) is 9.87. The Morgan fingerprint density at radius 1 is 0.625 bits per heavy atom. The van der Waals surface area contributed by atoms with Crippen molar-refractivity contribution in [2.24, 2.45) is 35.2 Å². The molecule has 0 atom stereocenters. The second kappa shape index (κ2) is 35.1. The summed E-state index contributed by atoms with van der Waals surface area (Å²) in [5.41, 5.74) is 14.6. The molecule has 1 aliphatic carbocycles. The molecule has 13 heterocycles. The van der Waals surface area contributed by atoms with Gasteiger partial charge in [-0.15, -0.1) is 0 Å². The van der Waals surface area contributed by atoms with Gasteiger partial charge in [-0.25, -0.2) is 19.3 Å². The van der Waals surface area contributed by atoms with Crippen molar-refractivity contribution in [3.8, 4) is 44.6 Å². The number of fused-ring (bicyclic) bond motifs is 6. The monoisotopic (exact) mass is 1980 g/mol. The maximum absolute atomic E-state index is 12.3. The van der Waals surface area contributed by atoms with Crippen molar-refractivity contribution in [2.45, 2.75) is 32.8 Å². The number of aryl methyl sites for hydroxylation is 5. The van der Waals surface area contributed by atoms with E-state index in [1.807, 2.05) is 164 Å². The number of carbonyl (C=O) groups is 2. The Morgan fingerprint density at radius 2 is 1.20 bits per heavy atom. The van der Waals surface area contributed by atoms with Crippen molar-refractivity contribution in [2.75, 3.05) is 4.93 Å². The molecular formula is C61H58Cs2I5N15O5. The van der Waals surface area contributed by atoms with Crippen LogP contribution in [-0.4, -0.2) is 95.8 Å². The minimum Gasteiger partial charge on any atom is -1.00 e. The maximum atomic E-state index is 12.3. The first-order chi connectivity index (χ1) is 41.3. The summed E-state index contributed by atoms with van der Waals surface area (Å²) in [5.74, 6) is 0. The third kappa shape index (κ3) is 19.1. The summed E-state index contributed by atoms with van der Waals surface area (Å²) in [6.45, 7) is 5.35. The molecule has 0 radical (unpaired) electrons. The summed E-state index contributed by atoms with van der Waals surface area (Å²) in [5, 5.41) is 21.3. The molecule has 14 rings (SSSR count). The van der Waals surface area contributed by atoms with Crippen LogP contribution in [0.4, 0.5) is 4.79 Å². The molecule has 0 bridgehead atoms. The number of rotatable bonds is 4. The Hall–Kier alpha value is -2.59. The van der Waals surface area contributed by atoms with Crippen molar-refractivity contribution in [3.05, 3.63) is 182 Å². The number of ether oxygens (including phenoxy) is 1. The van der Waals surface area contributed by atoms with Crippen molar-refractivity contribution in [1.82, 2.24) is 72.7 Å². The molecule has 0 aromatic carbocycles. The van der Waals surface area contributed by atoms with Crippen LogP contribution in [-0.2, 0) is 56.1 Å². The average Bonchev–Trinajstić information content (AvgIpc) is 1.71. The average molecular weight is 1980 g/mol. The number of nitrogens with zero attached hydrogens (tertiary/aromatic N) is 14. The Morgan fingerprint density at radius 3 is 1.81 bits per heavy atom. The summed E-state index contributed by atoms with van der Waals surface area (Å²) < 4.78 is 21.4. The molecule has 444 valence electrons. The van der Waals surface area contributed by atoms with Crippen molar-refractivity contribution in [3.63, 3.8) is 0 Å². The first-order valence-electron chi connectivity index (χ1n) is 26.0. The number of aromatic amines is 1. The Balaban J connectivity index is 0.000000205. The van der Waals surface area contributed by atoms with E-state index in [1.165, 1.54) is 53.8 Å². The predicted molar refractivity (Wildman–Crippen MR) is 378 cm³/mol. The number of alkyl halides is 1. The number of pyridine rings is 6. The number of hydrogen-bond acceptors (Lipinski definition) is 13. The third-order valence-electron chi connectivity index (χ3n) is 13.0. The third-order valence-corrected chi connectivity index (χ3v) is 16.6. The van der Waals surface area contributed by atoms with Crippen molar-refractivity contribution < 1.29 is 164 Å². The summed E-state index contributed by atoms with van der Waals surface area (Å²) in [6, 6.07) is 12.4. The van der Waals surface area contributed by atoms with E-state index in [2.05, 4.69) is 215 Å². The summed E-state index contributed by atoms with van der Waals surface area (Å²) >= 11 is 11.3. The topological polar surface area (TPSA) is 224 Å². The van der Waals surface area contributed by atoms with Gasteiger partial charge in [-0.2, -0.15) is 10.2 Å². The van der Waals surface area contributed by atoms with E-state index in [0.717, 1.165) is 65.4 Å². The fraction of sp³-hybridized carbons (Fsp3) is 0.180. The van der Waals surface area contributed by atoms with Crippen LogP contribution < -0.4 is 143 Å². The zero-order valence-electron chi connectivity index (χ0n) is 51.0. The molecule has 2 aliphatic heterocycles. The molecule has 0 saturated carbocycles. The molecule has 11 aromatic rings. The van der Waals surface area contributed by atoms with E-state index in [0.29, 0.717) is 5.65 Å². The second-order valence-electron chi connectivity index (χ2n) is 20.1. The van der Waals surface area contributed by atoms with Gasteiger partial charge in [-0.3, -0.25) is 34.1 Å². The molecule has 0 unspecified atom stereocenters. The number of halogens is 5. The van der Waals surface area contributed by atoms with Gasteiger partial charge in [0.2, 0.25) is 0 Å². The van der Waals surface area contributed by atoms with E-state index in [-0.39, 0.29) is 146 Å². The second-order valence-corrected chi connectivity index (χ2v) is 24.7. The zero-order valence-corrected chi connectivity index (χ0v) is 73.3. The van der Waals surface area contributed by atoms with Gasteiger partial charge >= 0.3 is 144 Å². The van der Waals surface area contributed by atoms with Gasteiger partial charge in [0.15, 0.2) is 5.65 Å². The van der Waals surface area contributed by atoms with Gasteiger partial charge in [0, 0.05) is 203 Å². The van der Waals surface area contributed by atoms with Crippen LogP contribution in [0.15, 0.2) is 160 Å². The number of aromatic nitrogens is 15. The van der Waals surface area contributed by atoms with E-state index >= 15 is 0 Å². The van der Waals surface area contributed by atoms with Crippen molar-refractivity contribution in [1.29, 1.82) is 0 Å². The van der Waals surface area contributed by atoms with Crippen LogP contribution in [0.5, 0.6) is 0 Å². The molecule has 3 aliphatic rings. The van der Waals surface area contributed by atoms with Crippen LogP contribution in [0.1, 0.15) is 33.3 Å². The summed E-state index contributed by atoms with van der Waals surface area (Å²) in [4.78, 5) is 54.5. The van der Waals surface area contributed by atoms with Gasteiger partial charge in [0.1, 0.15) is 11.2 Å². The minimum atomic E-state index is -0.547. The largest absolute Gasteiger partial charge is 1.00 e. The van der Waals surface area contributed by atoms with Crippen molar-refractivity contribution >= 4 is 173 Å². The Bertz CT molecular complexity index is 4440. The summed E-state index contributed by atoms with van der Waals surface area (Å²) in [6.07, 6.45) is 39.3. The van der Waals surface area contributed by atoms with Gasteiger partial charge in [-0.05, 0) is 170 Å². The fourth-order valence-electron chi connectivity index (χ4n) is 9.04. The Kier molecular flexibility index (Phi) is 29.7. The molecule has 0 amide bonds. The standard InChI is InChI=1S/C19H16N6.C16H17IN4O2.2C8H7IN2.C8H6IN.CH3I.CH2O3.2Cs.H/c1-24-11-17(14-3-4-20-9-18(14)24)16-8-22-19-15(16)5-12(6-21-19)13-7-23-25(2)10-13;1-16(2,3)23-15(22)21-9-13(17)12-5-10(6-18-14(12)21)11-7-19-20(4)8-11;1-11-5-7(9)6-2-3-10-4-8(6)11;1-11-3-2-6-7(9)4-10-8(6)5-11;9-8-2-1-6-5-10-4-3-7(6)8;1-2;2-1-4-3;;;/h3-11H,1-2H3,(H,21,22);5-9H,1-4H3;2*2-5H,1H3;2-5H,1H2;1H3;1,3H;;;/q;;;;;;;2*+1;-1/p-1. The normalized spacial score (nSPS) is 11.1. The first kappa shape index (κ1) is 74.5. The number of carbonyl (C=O) groups excluding carboxylic acids is 2. The SMILES string of the molecule is CI.Cn1cc(-c2cnc3[nH]cc(-c4cn(C)c5cnccc45)c3c2)cn1.Cn1cc(-c2cnc3c(c2)c(I)cn3C(=O)OC(C)(C)C)cn1.Cn1cc(I)c2ccncc21.Cn1ccc2c(I)cnc-2c1.IC1=CCc2cnccc21.O=CO[O-].[Cs+].[Cs+].[H-]. The Labute approximate surface area is 696 Å². The van der Waals surface area contributed by atoms with Gasteiger partial charge in [-0.1, -0.05) is 28.7 Å². The molecule has 20 nitrogen and oxygen atoms in total. The van der Waals surface area contributed by atoms with Crippen LogP contribution in [0.3, 0.4) is 0 Å². The molecule has 27 heteroatoms. The quantitative estimate of drug-likeness (QED) is 0.0588. The molecular weight excluding hydrogens is 1920 g/mol. The first-order valence-corrected chi connectivity index (χ1v) is 32.5. The number of nitrogens with one attached hydrogen (secondary N) is 1. The molecule has 0 fully saturated rings. The molecule has 0 saturated heterocycles.